The molecule has 0 saturated carbocycles. The molecule has 1 aromatic carbocycles. The molecule has 1 aromatic heterocycles. The molecule has 1 unspecified atom stereocenters. The fourth-order valence-corrected chi connectivity index (χ4v) is 2.66. The number of benzene rings is 1. The van der Waals surface area contributed by atoms with E-state index in [9.17, 15) is 0 Å². The fourth-order valence-electron chi connectivity index (χ4n) is 2.66. The molecule has 1 aliphatic heterocycles. The normalized spacial score (nSPS) is 19.3. The molecule has 2 heterocycles. The van der Waals surface area contributed by atoms with E-state index in [0.29, 0.717) is 6.04 Å². The molecule has 0 amide bonds. The number of rotatable bonds is 5. The molecule has 1 N–H and O–H groups in total. The fraction of sp³-hybridized carbons (Fsp3) is 0.533. The molecule has 1 saturated heterocycles. The Balaban J connectivity index is 1.82. The second-order valence-electron chi connectivity index (χ2n) is 5.11. The number of aromatic nitrogens is 2. The van der Waals surface area contributed by atoms with E-state index >= 15 is 0 Å². The number of nitrogens with one attached hydrogen (secondary N) is 1. The summed E-state index contributed by atoms with van der Waals surface area (Å²) in [5.74, 6) is 1.13. The van der Waals surface area contributed by atoms with Crippen molar-refractivity contribution < 1.29 is 4.74 Å². The molecular weight excluding hydrogens is 238 g/mol. The first-order valence-electron chi connectivity index (χ1n) is 7.13. The third-order valence-electron chi connectivity index (χ3n) is 3.66. The first kappa shape index (κ1) is 12.6. The van der Waals surface area contributed by atoms with Crippen LogP contribution in [0.4, 0.5) is 0 Å². The van der Waals surface area contributed by atoms with Gasteiger partial charge in [0.05, 0.1) is 24.2 Å². The SMILES string of the molecule is CCCn1c(CNC2CCOC2)nc2ccccc21. The summed E-state index contributed by atoms with van der Waals surface area (Å²) in [4.78, 5) is 4.75. The van der Waals surface area contributed by atoms with E-state index in [-0.39, 0.29) is 0 Å². The van der Waals surface area contributed by atoms with Crippen LogP contribution in [0.3, 0.4) is 0 Å². The molecule has 1 aliphatic rings. The topological polar surface area (TPSA) is 39.1 Å². The molecule has 0 radical (unpaired) electrons. The van der Waals surface area contributed by atoms with E-state index < -0.39 is 0 Å². The molecule has 0 bridgehead atoms. The standard InChI is InChI=1S/C15H21N3O/c1-2-8-18-14-6-4-3-5-13(14)17-15(18)10-16-12-7-9-19-11-12/h3-6,12,16H,2,7-11H2,1H3. The van der Waals surface area contributed by atoms with Crippen molar-refractivity contribution in [1.82, 2.24) is 14.9 Å². The van der Waals surface area contributed by atoms with Crippen molar-refractivity contribution in [3.05, 3.63) is 30.1 Å². The van der Waals surface area contributed by atoms with Gasteiger partial charge in [0.2, 0.25) is 0 Å². The van der Waals surface area contributed by atoms with Crippen molar-refractivity contribution in [3.8, 4) is 0 Å². The Bertz CT molecular complexity index is 543. The summed E-state index contributed by atoms with van der Waals surface area (Å²) in [5.41, 5.74) is 2.33. The summed E-state index contributed by atoms with van der Waals surface area (Å²) < 4.78 is 7.72. The van der Waals surface area contributed by atoms with Crippen molar-refractivity contribution in [2.24, 2.45) is 0 Å². The zero-order valence-corrected chi connectivity index (χ0v) is 11.4. The number of imidazole rings is 1. The minimum Gasteiger partial charge on any atom is -0.380 e. The number of para-hydroxylation sites is 2. The second-order valence-corrected chi connectivity index (χ2v) is 5.11. The Morgan fingerprint density at radius 1 is 1.42 bits per heavy atom. The van der Waals surface area contributed by atoms with Crippen LogP contribution in [0.1, 0.15) is 25.6 Å². The van der Waals surface area contributed by atoms with Crippen molar-refractivity contribution in [2.45, 2.75) is 38.9 Å². The van der Waals surface area contributed by atoms with Gasteiger partial charge in [-0.3, -0.25) is 0 Å². The summed E-state index contributed by atoms with van der Waals surface area (Å²) in [6, 6.07) is 8.85. The predicted octanol–water partition coefficient (Wildman–Crippen LogP) is 2.32. The van der Waals surface area contributed by atoms with Gasteiger partial charge in [0, 0.05) is 19.2 Å². The largest absolute Gasteiger partial charge is 0.380 e. The molecule has 4 nitrogen and oxygen atoms in total. The van der Waals surface area contributed by atoms with Gasteiger partial charge < -0.3 is 14.6 Å². The Hall–Kier alpha value is -1.39. The van der Waals surface area contributed by atoms with Gasteiger partial charge in [-0.1, -0.05) is 19.1 Å². The van der Waals surface area contributed by atoms with Crippen LogP contribution >= 0.6 is 0 Å². The third-order valence-corrected chi connectivity index (χ3v) is 3.66. The van der Waals surface area contributed by atoms with Crippen LogP contribution in [0.25, 0.3) is 11.0 Å². The maximum absolute atomic E-state index is 5.39. The van der Waals surface area contributed by atoms with E-state index in [0.717, 1.165) is 50.5 Å². The minimum atomic E-state index is 0.481. The molecule has 102 valence electrons. The van der Waals surface area contributed by atoms with Gasteiger partial charge in [-0.2, -0.15) is 0 Å². The number of ether oxygens (including phenoxy) is 1. The second kappa shape index (κ2) is 5.72. The van der Waals surface area contributed by atoms with Crippen molar-refractivity contribution in [1.29, 1.82) is 0 Å². The third kappa shape index (κ3) is 2.65. The smallest absolute Gasteiger partial charge is 0.123 e. The number of aryl methyl sites for hydroxylation is 1. The summed E-state index contributed by atoms with van der Waals surface area (Å²) in [7, 11) is 0. The molecule has 19 heavy (non-hydrogen) atoms. The van der Waals surface area contributed by atoms with Crippen LogP contribution in [-0.4, -0.2) is 28.8 Å². The highest BCUT2D eigenvalue weighted by atomic mass is 16.5. The van der Waals surface area contributed by atoms with Gasteiger partial charge in [0.1, 0.15) is 5.82 Å². The highest BCUT2D eigenvalue weighted by Gasteiger charge is 2.16. The number of nitrogens with zero attached hydrogens (tertiary/aromatic N) is 2. The average Bonchev–Trinajstić information content (AvgIpc) is 3.05. The van der Waals surface area contributed by atoms with Gasteiger partial charge in [0.25, 0.3) is 0 Å². The van der Waals surface area contributed by atoms with E-state index in [1.54, 1.807) is 0 Å². The van der Waals surface area contributed by atoms with E-state index in [1.165, 1.54) is 5.52 Å². The lowest BCUT2D eigenvalue weighted by molar-refractivity contribution is 0.189. The molecule has 1 fully saturated rings. The van der Waals surface area contributed by atoms with Crippen LogP contribution in [0.5, 0.6) is 0 Å². The Morgan fingerprint density at radius 2 is 2.32 bits per heavy atom. The predicted molar refractivity (Wildman–Crippen MR) is 76.1 cm³/mol. The van der Waals surface area contributed by atoms with E-state index in [4.69, 9.17) is 9.72 Å². The van der Waals surface area contributed by atoms with E-state index in [1.807, 2.05) is 6.07 Å². The summed E-state index contributed by atoms with van der Waals surface area (Å²) in [5, 5.41) is 3.55. The molecular formula is C15H21N3O. The molecule has 1 atom stereocenters. The zero-order valence-electron chi connectivity index (χ0n) is 11.4. The quantitative estimate of drug-likeness (QED) is 0.895. The number of hydrogen-bond donors (Lipinski definition) is 1. The molecule has 0 aliphatic carbocycles. The van der Waals surface area contributed by atoms with Crippen LogP contribution in [-0.2, 0) is 17.8 Å². The lowest BCUT2D eigenvalue weighted by Crippen LogP contribution is -2.29. The zero-order chi connectivity index (χ0) is 13.1. The van der Waals surface area contributed by atoms with Crippen LogP contribution in [0.2, 0.25) is 0 Å². The molecule has 0 spiro atoms. The Labute approximate surface area is 113 Å². The molecule has 3 rings (SSSR count). The average molecular weight is 259 g/mol. The Morgan fingerprint density at radius 3 is 3.11 bits per heavy atom. The van der Waals surface area contributed by atoms with Gasteiger partial charge in [-0.25, -0.2) is 4.98 Å². The lowest BCUT2D eigenvalue weighted by atomic mass is 10.2. The monoisotopic (exact) mass is 259 g/mol. The van der Waals surface area contributed by atoms with Crippen molar-refractivity contribution in [3.63, 3.8) is 0 Å². The maximum Gasteiger partial charge on any atom is 0.123 e. The van der Waals surface area contributed by atoms with Gasteiger partial charge in [-0.15, -0.1) is 0 Å². The summed E-state index contributed by atoms with van der Waals surface area (Å²) in [6.07, 6.45) is 2.23. The first-order chi connectivity index (χ1) is 9.38. The minimum absolute atomic E-state index is 0.481. The van der Waals surface area contributed by atoms with Crippen molar-refractivity contribution >= 4 is 11.0 Å². The Kier molecular flexibility index (Phi) is 3.80. The van der Waals surface area contributed by atoms with E-state index in [2.05, 4.69) is 35.0 Å². The summed E-state index contributed by atoms with van der Waals surface area (Å²) in [6.45, 7) is 5.76. The van der Waals surface area contributed by atoms with Gasteiger partial charge >= 0.3 is 0 Å². The van der Waals surface area contributed by atoms with Crippen LogP contribution < -0.4 is 5.32 Å². The van der Waals surface area contributed by atoms with Crippen LogP contribution in [0.15, 0.2) is 24.3 Å². The van der Waals surface area contributed by atoms with Crippen LogP contribution in [0, 0.1) is 0 Å². The first-order valence-corrected chi connectivity index (χ1v) is 7.13. The van der Waals surface area contributed by atoms with Crippen molar-refractivity contribution in [2.75, 3.05) is 13.2 Å². The number of fused-ring (bicyclic) bond motifs is 1. The lowest BCUT2D eigenvalue weighted by Gasteiger charge is -2.12. The molecule has 4 heteroatoms. The number of hydrogen-bond acceptors (Lipinski definition) is 3. The van der Waals surface area contributed by atoms with Gasteiger partial charge in [0.15, 0.2) is 0 Å². The highest BCUT2D eigenvalue weighted by molar-refractivity contribution is 5.75. The highest BCUT2D eigenvalue weighted by Crippen LogP contribution is 2.17. The summed E-state index contributed by atoms with van der Waals surface area (Å²) >= 11 is 0. The maximum atomic E-state index is 5.39. The van der Waals surface area contributed by atoms with Gasteiger partial charge in [-0.05, 0) is 25.0 Å². The molecule has 2 aromatic rings.